The Kier molecular flexibility index (Phi) is 4.91. The quantitative estimate of drug-likeness (QED) is 0.861. The number of rotatable bonds is 5. The molecule has 0 aliphatic carbocycles. The number of aryl methyl sites for hydroxylation is 1. The van der Waals surface area contributed by atoms with Crippen LogP contribution in [-0.4, -0.2) is 29.6 Å². The fourth-order valence-electron chi connectivity index (χ4n) is 2.51. The van der Waals surface area contributed by atoms with Gasteiger partial charge in [0.05, 0.1) is 0 Å². The number of hydrogen-bond donors (Lipinski definition) is 1. The van der Waals surface area contributed by atoms with Gasteiger partial charge in [-0.2, -0.15) is 0 Å². The van der Waals surface area contributed by atoms with Crippen LogP contribution in [0.4, 0.5) is 0 Å². The predicted molar refractivity (Wildman–Crippen MR) is 85.4 cm³/mol. The van der Waals surface area contributed by atoms with E-state index in [9.17, 15) is 9.90 Å². The molecule has 0 fully saturated rings. The molecule has 0 bridgehead atoms. The van der Waals surface area contributed by atoms with Gasteiger partial charge in [-0.1, -0.05) is 25.4 Å². The number of phenolic OH excluding ortho intramolecular Hbond substituents is 1. The van der Waals surface area contributed by atoms with Crippen molar-refractivity contribution in [2.24, 2.45) is 0 Å². The average Bonchev–Trinajstić information content (AvgIpc) is 2.47. The van der Waals surface area contributed by atoms with Gasteiger partial charge in [0.1, 0.15) is 10.8 Å². The zero-order valence-electron chi connectivity index (χ0n) is 12.6. The van der Waals surface area contributed by atoms with Gasteiger partial charge in [0.25, 0.3) is 0 Å². The first kappa shape index (κ1) is 15.9. The molecule has 0 amide bonds. The van der Waals surface area contributed by atoms with Gasteiger partial charge in [-0.15, -0.1) is 0 Å². The van der Waals surface area contributed by atoms with E-state index in [1.54, 1.807) is 6.07 Å². The van der Waals surface area contributed by atoms with Crippen LogP contribution in [0.3, 0.4) is 0 Å². The zero-order valence-corrected chi connectivity index (χ0v) is 13.3. The molecule has 114 valence electrons. The highest BCUT2D eigenvalue weighted by molar-refractivity contribution is 6.36. The van der Waals surface area contributed by atoms with Gasteiger partial charge in [-0.3, -0.25) is 0 Å². The predicted octanol–water partition coefficient (Wildman–Crippen LogP) is 3.34. The van der Waals surface area contributed by atoms with Crippen molar-refractivity contribution in [1.82, 2.24) is 4.90 Å². The summed E-state index contributed by atoms with van der Waals surface area (Å²) in [4.78, 5) is 14.4. The molecule has 0 atom stereocenters. The third-order valence-corrected chi connectivity index (χ3v) is 4.31. The second-order valence-corrected chi connectivity index (χ2v) is 5.42. The van der Waals surface area contributed by atoms with E-state index in [4.69, 9.17) is 16.0 Å². The minimum absolute atomic E-state index is 0.0809. The van der Waals surface area contributed by atoms with Gasteiger partial charge >= 0.3 is 5.63 Å². The summed E-state index contributed by atoms with van der Waals surface area (Å²) in [5, 5.41) is 10.5. The molecule has 2 aromatic rings. The van der Waals surface area contributed by atoms with Crippen LogP contribution >= 0.6 is 11.6 Å². The lowest BCUT2D eigenvalue weighted by Gasteiger charge is -2.18. The molecule has 0 radical (unpaired) electrons. The van der Waals surface area contributed by atoms with Crippen LogP contribution in [0.2, 0.25) is 5.02 Å². The standard InChI is InChI=1S/C16H20ClNO3/c1-4-18(5-2)9-8-12-10(3)11-6-7-13(19)14(17)15(11)21-16(12)20/h6-7,19H,4-5,8-9H2,1-3H3. The van der Waals surface area contributed by atoms with Crippen molar-refractivity contribution in [3.8, 4) is 5.75 Å². The highest BCUT2D eigenvalue weighted by atomic mass is 35.5. The Morgan fingerprint density at radius 1 is 1.29 bits per heavy atom. The fraction of sp³-hybridized carbons (Fsp3) is 0.438. The highest BCUT2D eigenvalue weighted by Crippen LogP contribution is 2.33. The van der Waals surface area contributed by atoms with Gasteiger partial charge in [0, 0.05) is 17.5 Å². The van der Waals surface area contributed by atoms with Crippen molar-refractivity contribution in [1.29, 1.82) is 0 Å². The minimum atomic E-state index is -0.375. The molecule has 21 heavy (non-hydrogen) atoms. The van der Waals surface area contributed by atoms with E-state index in [0.717, 1.165) is 30.6 Å². The van der Waals surface area contributed by atoms with Gasteiger partial charge in [-0.05, 0) is 44.1 Å². The Hall–Kier alpha value is -1.52. The van der Waals surface area contributed by atoms with E-state index in [1.165, 1.54) is 6.07 Å². The van der Waals surface area contributed by atoms with Crippen molar-refractivity contribution in [2.45, 2.75) is 27.2 Å². The van der Waals surface area contributed by atoms with Crippen molar-refractivity contribution in [2.75, 3.05) is 19.6 Å². The molecule has 0 spiro atoms. The van der Waals surface area contributed by atoms with Crippen LogP contribution in [0.15, 0.2) is 21.3 Å². The van der Waals surface area contributed by atoms with Crippen LogP contribution in [0, 0.1) is 6.92 Å². The van der Waals surface area contributed by atoms with E-state index in [1.807, 2.05) is 6.92 Å². The number of benzene rings is 1. The van der Waals surface area contributed by atoms with Crippen LogP contribution in [0.5, 0.6) is 5.75 Å². The second-order valence-electron chi connectivity index (χ2n) is 5.05. The molecule has 1 N–H and O–H groups in total. The van der Waals surface area contributed by atoms with Crippen LogP contribution in [0.25, 0.3) is 11.0 Å². The summed E-state index contributed by atoms with van der Waals surface area (Å²) >= 11 is 6.00. The highest BCUT2D eigenvalue weighted by Gasteiger charge is 2.15. The number of hydrogen-bond acceptors (Lipinski definition) is 4. The molecule has 1 heterocycles. The van der Waals surface area contributed by atoms with Crippen LogP contribution in [-0.2, 0) is 6.42 Å². The molecule has 0 unspecified atom stereocenters. The number of fused-ring (bicyclic) bond motifs is 1. The maximum atomic E-state index is 12.2. The number of halogens is 1. The normalized spacial score (nSPS) is 11.5. The van der Waals surface area contributed by atoms with Crippen molar-refractivity contribution in [3.63, 3.8) is 0 Å². The van der Waals surface area contributed by atoms with Gasteiger partial charge in [0.15, 0.2) is 5.58 Å². The van der Waals surface area contributed by atoms with Crippen LogP contribution in [0.1, 0.15) is 25.0 Å². The number of aromatic hydroxyl groups is 1. The van der Waals surface area contributed by atoms with Crippen LogP contribution < -0.4 is 5.63 Å². The molecule has 2 rings (SSSR count). The smallest absolute Gasteiger partial charge is 0.339 e. The summed E-state index contributed by atoms with van der Waals surface area (Å²) < 4.78 is 5.32. The number of nitrogens with zero attached hydrogens (tertiary/aromatic N) is 1. The summed E-state index contributed by atoms with van der Waals surface area (Å²) in [6.45, 7) is 8.81. The fourth-order valence-corrected chi connectivity index (χ4v) is 2.71. The largest absolute Gasteiger partial charge is 0.506 e. The van der Waals surface area contributed by atoms with Gasteiger partial charge in [-0.25, -0.2) is 4.79 Å². The first-order valence-electron chi connectivity index (χ1n) is 7.15. The maximum absolute atomic E-state index is 12.2. The molecule has 4 nitrogen and oxygen atoms in total. The first-order valence-corrected chi connectivity index (χ1v) is 7.53. The molecule has 0 saturated carbocycles. The molecule has 1 aromatic carbocycles. The average molecular weight is 310 g/mol. The minimum Gasteiger partial charge on any atom is -0.506 e. The SMILES string of the molecule is CCN(CC)CCc1c(C)c2ccc(O)c(Cl)c2oc1=O. The van der Waals surface area contributed by atoms with Crippen molar-refractivity contribution < 1.29 is 9.52 Å². The monoisotopic (exact) mass is 309 g/mol. The van der Waals surface area contributed by atoms with Crippen molar-refractivity contribution in [3.05, 3.63) is 38.7 Å². The maximum Gasteiger partial charge on any atom is 0.339 e. The van der Waals surface area contributed by atoms with Gasteiger partial charge < -0.3 is 14.4 Å². The third-order valence-electron chi connectivity index (χ3n) is 3.95. The second kappa shape index (κ2) is 6.50. The molecule has 0 saturated heterocycles. The number of phenols is 1. The summed E-state index contributed by atoms with van der Waals surface area (Å²) in [7, 11) is 0. The van der Waals surface area contributed by atoms with E-state index >= 15 is 0 Å². The molecule has 5 heteroatoms. The Morgan fingerprint density at radius 2 is 1.95 bits per heavy atom. The van der Waals surface area contributed by atoms with E-state index in [-0.39, 0.29) is 22.0 Å². The van der Waals surface area contributed by atoms with E-state index < -0.39 is 0 Å². The lowest BCUT2D eigenvalue weighted by molar-refractivity contribution is 0.306. The summed E-state index contributed by atoms with van der Waals surface area (Å²) in [6, 6.07) is 3.25. The summed E-state index contributed by atoms with van der Waals surface area (Å²) in [6.07, 6.45) is 0.643. The van der Waals surface area contributed by atoms with Gasteiger partial charge in [0.2, 0.25) is 0 Å². The lowest BCUT2D eigenvalue weighted by Crippen LogP contribution is -2.27. The molecule has 1 aromatic heterocycles. The first-order chi connectivity index (χ1) is 9.99. The van der Waals surface area contributed by atoms with E-state index in [2.05, 4.69) is 18.7 Å². The Labute approximate surface area is 128 Å². The Bertz CT molecular complexity index is 705. The van der Waals surface area contributed by atoms with E-state index in [0.29, 0.717) is 12.0 Å². The lowest BCUT2D eigenvalue weighted by atomic mass is 10.0. The third kappa shape index (κ3) is 3.06. The van der Waals surface area contributed by atoms with Crippen molar-refractivity contribution >= 4 is 22.6 Å². The summed E-state index contributed by atoms with van der Waals surface area (Å²) in [5.74, 6) is -0.0809. The molecular formula is C16H20ClNO3. The topological polar surface area (TPSA) is 53.7 Å². The Balaban J connectivity index is 2.47. The molecular weight excluding hydrogens is 290 g/mol. The Morgan fingerprint density at radius 3 is 2.57 bits per heavy atom. The number of likely N-dealkylation sites (N-methyl/N-ethyl adjacent to an activating group) is 1. The zero-order chi connectivity index (χ0) is 15.6. The molecule has 0 aliphatic rings. The molecule has 0 aliphatic heterocycles. The summed E-state index contributed by atoms with van der Waals surface area (Å²) in [5.41, 5.74) is 1.43.